The lowest BCUT2D eigenvalue weighted by atomic mass is 10.2. The molecule has 0 aromatic rings. The molecular formula is C11H23N3O. The molecule has 0 saturated carbocycles. The van der Waals surface area contributed by atoms with Crippen molar-refractivity contribution in [1.82, 2.24) is 4.90 Å². The van der Waals surface area contributed by atoms with E-state index >= 15 is 0 Å². The van der Waals surface area contributed by atoms with Gasteiger partial charge in [0.15, 0.2) is 5.96 Å². The molecule has 4 heteroatoms. The first-order chi connectivity index (χ1) is 7.34. The third kappa shape index (κ3) is 5.02. The van der Waals surface area contributed by atoms with Gasteiger partial charge in [-0.1, -0.05) is 12.8 Å². The zero-order valence-corrected chi connectivity index (χ0v) is 9.74. The average molecular weight is 213 g/mol. The van der Waals surface area contributed by atoms with Gasteiger partial charge in [0.25, 0.3) is 0 Å². The smallest absolute Gasteiger partial charge is 0.191 e. The van der Waals surface area contributed by atoms with E-state index in [0.29, 0.717) is 19.1 Å². The number of guanidine groups is 1. The first kappa shape index (κ1) is 12.3. The van der Waals surface area contributed by atoms with Gasteiger partial charge in [-0.05, 0) is 19.8 Å². The van der Waals surface area contributed by atoms with Crippen molar-refractivity contribution >= 4 is 5.96 Å². The molecule has 0 bridgehead atoms. The molecule has 0 amide bonds. The Balaban J connectivity index is 2.26. The topological polar surface area (TPSA) is 50.9 Å². The Morgan fingerprint density at radius 2 is 1.93 bits per heavy atom. The van der Waals surface area contributed by atoms with Crippen LogP contribution < -0.4 is 5.73 Å². The predicted molar refractivity (Wildman–Crippen MR) is 63.0 cm³/mol. The number of aliphatic imine (C=N–C) groups is 1. The van der Waals surface area contributed by atoms with Crippen molar-refractivity contribution in [3.8, 4) is 0 Å². The molecule has 15 heavy (non-hydrogen) atoms. The van der Waals surface area contributed by atoms with Gasteiger partial charge >= 0.3 is 0 Å². The fraction of sp³-hybridized carbons (Fsp3) is 0.909. The minimum atomic E-state index is 0.672. The molecule has 1 aliphatic heterocycles. The van der Waals surface area contributed by atoms with Crippen molar-refractivity contribution in [3.63, 3.8) is 0 Å². The minimum Gasteiger partial charge on any atom is -0.380 e. The second kappa shape index (κ2) is 7.51. The summed E-state index contributed by atoms with van der Waals surface area (Å²) in [7, 11) is 0. The largest absolute Gasteiger partial charge is 0.380 e. The van der Waals surface area contributed by atoms with Crippen LogP contribution in [0.3, 0.4) is 0 Å². The first-order valence-electron chi connectivity index (χ1n) is 5.97. The van der Waals surface area contributed by atoms with Gasteiger partial charge < -0.3 is 15.4 Å². The third-order valence-corrected chi connectivity index (χ3v) is 2.64. The Kier molecular flexibility index (Phi) is 6.16. The van der Waals surface area contributed by atoms with Gasteiger partial charge in [-0.2, -0.15) is 0 Å². The zero-order valence-electron chi connectivity index (χ0n) is 9.74. The highest BCUT2D eigenvalue weighted by Gasteiger charge is 2.10. The van der Waals surface area contributed by atoms with Gasteiger partial charge in [0, 0.05) is 19.7 Å². The molecule has 4 nitrogen and oxygen atoms in total. The Morgan fingerprint density at radius 1 is 1.27 bits per heavy atom. The summed E-state index contributed by atoms with van der Waals surface area (Å²) in [6.07, 6.45) is 5.12. The van der Waals surface area contributed by atoms with E-state index in [0.717, 1.165) is 19.7 Å². The van der Waals surface area contributed by atoms with Crippen molar-refractivity contribution in [1.29, 1.82) is 0 Å². The van der Waals surface area contributed by atoms with Crippen molar-refractivity contribution in [2.45, 2.75) is 32.6 Å². The summed E-state index contributed by atoms with van der Waals surface area (Å²) in [6, 6.07) is 0. The van der Waals surface area contributed by atoms with Crippen molar-refractivity contribution < 1.29 is 4.74 Å². The highest BCUT2D eigenvalue weighted by Crippen LogP contribution is 2.08. The standard InChI is InChI=1S/C11H23N3O/c1-2-15-10-7-13-11(12)14-8-5-3-4-6-9-14/h2-10H2,1H3,(H2,12,13). The van der Waals surface area contributed by atoms with Crippen molar-refractivity contribution in [2.75, 3.05) is 32.8 Å². The van der Waals surface area contributed by atoms with Gasteiger partial charge in [0.2, 0.25) is 0 Å². The Morgan fingerprint density at radius 3 is 2.53 bits per heavy atom. The molecule has 0 aliphatic carbocycles. The Bertz CT molecular complexity index is 186. The molecule has 1 saturated heterocycles. The summed E-state index contributed by atoms with van der Waals surface area (Å²) in [4.78, 5) is 6.52. The molecule has 1 rings (SSSR count). The van der Waals surface area contributed by atoms with Crippen molar-refractivity contribution in [3.05, 3.63) is 0 Å². The summed E-state index contributed by atoms with van der Waals surface area (Å²) in [6.45, 7) is 6.20. The van der Waals surface area contributed by atoms with Crippen LogP contribution in [0.2, 0.25) is 0 Å². The van der Waals surface area contributed by atoms with Gasteiger partial charge in [0.1, 0.15) is 0 Å². The van der Waals surface area contributed by atoms with Gasteiger partial charge in [-0.15, -0.1) is 0 Å². The minimum absolute atomic E-state index is 0.672. The van der Waals surface area contributed by atoms with E-state index in [2.05, 4.69) is 9.89 Å². The zero-order chi connectivity index (χ0) is 10.9. The number of ether oxygens (including phenoxy) is 1. The maximum Gasteiger partial charge on any atom is 0.191 e. The number of hydrogen-bond donors (Lipinski definition) is 1. The van der Waals surface area contributed by atoms with E-state index in [1.807, 2.05) is 6.92 Å². The van der Waals surface area contributed by atoms with E-state index in [1.54, 1.807) is 0 Å². The monoisotopic (exact) mass is 213 g/mol. The SMILES string of the molecule is CCOCCN=C(N)N1CCCCCC1. The number of rotatable bonds is 4. The van der Waals surface area contributed by atoms with Crippen LogP contribution in [0.5, 0.6) is 0 Å². The summed E-state index contributed by atoms with van der Waals surface area (Å²) in [5.74, 6) is 0.691. The van der Waals surface area contributed by atoms with Gasteiger partial charge in [-0.3, -0.25) is 4.99 Å². The lowest BCUT2D eigenvalue weighted by molar-refractivity contribution is 0.155. The number of nitrogens with zero attached hydrogens (tertiary/aromatic N) is 2. The molecule has 0 unspecified atom stereocenters. The molecular weight excluding hydrogens is 190 g/mol. The molecule has 0 radical (unpaired) electrons. The summed E-state index contributed by atoms with van der Waals surface area (Å²) in [5, 5.41) is 0. The second-order valence-corrected chi connectivity index (χ2v) is 3.84. The van der Waals surface area contributed by atoms with Crippen LogP contribution in [-0.4, -0.2) is 43.7 Å². The van der Waals surface area contributed by atoms with Crippen LogP contribution in [0.15, 0.2) is 4.99 Å². The number of hydrogen-bond acceptors (Lipinski definition) is 2. The van der Waals surface area contributed by atoms with E-state index in [1.165, 1.54) is 25.7 Å². The van der Waals surface area contributed by atoms with Gasteiger partial charge in [0.05, 0.1) is 13.2 Å². The van der Waals surface area contributed by atoms with E-state index in [-0.39, 0.29) is 0 Å². The van der Waals surface area contributed by atoms with E-state index in [9.17, 15) is 0 Å². The summed E-state index contributed by atoms with van der Waals surface area (Å²) in [5.41, 5.74) is 5.92. The van der Waals surface area contributed by atoms with Crippen LogP contribution in [0.1, 0.15) is 32.6 Å². The number of likely N-dealkylation sites (tertiary alicyclic amines) is 1. The fourth-order valence-electron chi connectivity index (χ4n) is 1.77. The maximum absolute atomic E-state index is 5.92. The van der Waals surface area contributed by atoms with Crippen LogP contribution in [0.4, 0.5) is 0 Å². The molecule has 88 valence electrons. The lowest BCUT2D eigenvalue weighted by Crippen LogP contribution is -2.38. The highest BCUT2D eigenvalue weighted by atomic mass is 16.5. The summed E-state index contributed by atoms with van der Waals surface area (Å²) < 4.78 is 5.21. The number of nitrogens with two attached hydrogens (primary N) is 1. The molecule has 1 heterocycles. The van der Waals surface area contributed by atoms with Crippen molar-refractivity contribution in [2.24, 2.45) is 10.7 Å². The predicted octanol–water partition coefficient (Wildman–Crippen LogP) is 1.21. The highest BCUT2D eigenvalue weighted by molar-refractivity contribution is 5.78. The fourth-order valence-corrected chi connectivity index (χ4v) is 1.77. The molecule has 1 aliphatic rings. The molecule has 0 atom stereocenters. The molecule has 0 aromatic carbocycles. The van der Waals surface area contributed by atoms with E-state index in [4.69, 9.17) is 10.5 Å². The molecule has 0 aromatic heterocycles. The molecule has 0 spiro atoms. The average Bonchev–Trinajstić information content (AvgIpc) is 2.52. The van der Waals surface area contributed by atoms with Crippen LogP contribution >= 0.6 is 0 Å². The maximum atomic E-state index is 5.92. The Labute approximate surface area is 92.5 Å². The normalized spacial score (nSPS) is 19.0. The van der Waals surface area contributed by atoms with Gasteiger partial charge in [-0.25, -0.2) is 0 Å². The quantitative estimate of drug-likeness (QED) is 0.434. The van der Waals surface area contributed by atoms with E-state index < -0.39 is 0 Å². The van der Waals surface area contributed by atoms with Crippen LogP contribution in [-0.2, 0) is 4.74 Å². The third-order valence-electron chi connectivity index (χ3n) is 2.64. The second-order valence-electron chi connectivity index (χ2n) is 3.84. The van der Waals surface area contributed by atoms with Crippen LogP contribution in [0.25, 0.3) is 0 Å². The summed E-state index contributed by atoms with van der Waals surface area (Å²) >= 11 is 0. The lowest BCUT2D eigenvalue weighted by Gasteiger charge is -2.20. The molecule has 1 fully saturated rings. The Hall–Kier alpha value is -0.770. The first-order valence-corrected chi connectivity index (χ1v) is 5.97. The molecule has 2 N–H and O–H groups in total. The van der Waals surface area contributed by atoms with Crippen LogP contribution in [0, 0.1) is 0 Å².